The van der Waals surface area contributed by atoms with Gasteiger partial charge < -0.3 is 4.57 Å². The summed E-state index contributed by atoms with van der Waals surface area (Å²) < 4.78 is 18.2. The van der Waals surface area contributed by atoms with Gasteiger partial charge in [-0.3, -0.25) is 4.40 Å². The maximum atomic E-state index is 15.9. The highest BCUT2D eigenvalue weighted by Gasteiger charge is 2.31. The molecule has 0 aliphatic heterocycles. The van der Waals surface area contributed by atoms with Gasteiger partial charge in [-0.05, 0) is 86.9 Å². The van der Waals surface area contributed by atoms with E-state index in [1.807, 2.05) is 48.5 Å². The molecular weight excluding hydrogens is 666 g/mol. The van der Waals surface area contributed by atoms with Crippen LogP contribution in [0.3, 0.4) is 0 Å². The number of nitrogens with zero attached hydrogens (tertiary/aromatic N) is 3. The van der Waals surface area contributed by atoms with Crippen molar-refractivity contribution in [2.75, 3.05) is 0 Å². The minimum absolute atomic E-state index is 0.802. The first-order valence-corrected chi connectivity index (χ1v) is 19.5. The Balaban J connectivity index is 1.11. The fourth-order valence-corrected chi connectivity index (χ4v) is 10.8. The van der Waals surface area contributed by atoms with E-state index in [0.29, 0.717) is 0 Å². The molecule has 11 aromatic rings. The highest BCUT2D eigenvalue weighted by atomic mass is 31.2. The third-order valence-corrected chi connectivity index (χ3v) is 13.8. The van der Waals surface area contributed by atoms with Crippen LogP contribution >= 0.6 is 7.14 Å². The SMILES string of the molecule is O=P(c1ccc2ccccc2c1)(c1ccc2ccccc2c1)c1ccc2ccc(-c3ccc4c5ccccc5n5c6ccccc6nc5c4n3)cc2c1. The van der Waals surface area contributed by atoms with E-state index in [2.05, 4.69) is 138 Å². The highest BCUT2D eigenvalue weighted by Crippen LogP contribution is 2.44. The second-order valence-electron chi connectivity index (χ2n) is 13.8. The molecule has 0 atom stereocenters. The molecule has 0 N–H and O–H groups in total. The molecule has 0 saturated heterocycles. The minimum Gasteiger partial charge on any atom is -0.309 e. The van der Waals surface area contributed by atoms with Crippen molar-refractivity contribution in [1.29, 1.82) is 0 Å². The molecule has 0 unspecified atom stereocenters. The van der Waals surface area contributed by atoms with Gasteiger partial charge in [0.15, 0.2) is 12.8 Å². The molecule has 0 bridgehead atoms. The number of benzene rings is 8. The predicted octanol–water partition coefficient (Wildman–Crippen LogP) is 11.0. The molecule has 53 heavy (non-hydrogen) atoms. The van der Waals surface area contributed by atoms with E-state index in [1.54, 1.807) is 0 Å². The van der Waals surface area contributed by atoms with Gasteiger partial charge in [0.25, 0.3) is 0 Å². The minimum atomic E-state index is -3.30. The summed E-state index contributed by atoms with van der Waals surface area (Å²) in [6.07, 6.45) is 0. The van der Waals surface area contributed by atoms with Crippen molar-refractivity contribution in [1.82, 2.24) is 14.4 Å². The Kier molecular flexibility index (Phi) is 6.49. The largest absolute Gasteiger partial charge is 0.309 e. The second-order valence-corrected chi connectivity index (χ2v) is 16.6. The summed E-state index contributed by atoms with van der Waals surface area (Å²) in [6, 6.07) is 62.7. The van der Waals surface area contributed by atoms with Gasteiger partial charge in [-0.15, -0.1) is 0 Å². The van der Waals surface area contributed by atoms with Crippen LogP contribution < -0.4 is 15.9 Å². The van der Waals surface area contributed by atoms with Crippen molar-refractivity contribution in [3.05, 3.63) is 182 Å². The fourth-order valence-electron chi connectivity index (χ4n) is 8.11. The number of rotatable bonds is 4. The first-order valence-electron chi connectivity index (χ1n) is 17.8. The zero-order valence-corrected chi connectivity index (χ0v) is 29.4. The molecular formula is C48H30N3OP. The molecule has 3 aromatic heterocycles. The van der Waals surface area contributed by atoms with Crippen LogP contribution in [-0.4, -0.2) is 14.4 Å². The lowest BCUT2D eigenvalue weighted by molar-refractivity contribution is 0.592. The molecule has 0 amide bonds. The molecule has 8 aromatic carbocycles. The topological polar surface area (TPSA) is 47.3 Å². The molecule has 3 heterocycles. The molecule has 0 aliphatic carbocycles. The van der Waals surface area contributed by atoms with Gasteiger partial charge in [-0.25, -0.2) is 9.97 Å². The number of imidazole rings is 1. The summed E-state index contributed by atoms with van der Waals surface area (Å²) in [7, 11) is -3.30. The Bertz CT molecular complexity index is 3260. The molecule has 11 rings (SSSR count). The third kappa shape index (κ3) is 4.59. The van der Waals surface area contributed by atoms with E-state index < -0.39 is 7.14 Å². The summed E-state index contributed by atoms with van der Waals surface area (Å²) in [5, 5.41) is 11.1. The average Bonchev–Trinajstić information content (AvgIpc) is 3.63. The van der Waals surface area contributed by atoms with E-state index in [0.717, 1.165) is 98.0 Å². The molecule has 5 heteroatoms. The van der Waals surface area contributed by atoms with Gasteiger partial charge in [-0.2, -0.15) is 0 Å². The number of hydrogen-bond donors (Lipinski definition) is 0. The van der Waals surface area contributed by atoms with Crippen LogP contribution in [0.1, 0.15) is 0 Å². The zero-order chi connectivity index (χ0) is 35.1. The van der Waals surface area contributed by atoms with Crippen LogP contribution in [0, 0.1) is 0 Å². The van der Waals surface area contributed by atoms with Gasteiger partial charge in [0.05, 0.1) is 22.2 Å². The van der Waals surface area contributed by atoms with E-state index in [4.69, 9.17) is 9.97 Å². The Morgan fingerprint density at radius 1 is 0.415 bits per heavy atom. The lowest BCUT2D eigenvalue weighted by atomic mass is 10.0. The van der Waals surface area contributed by atoms with Crippen molar-refractivity contribution in [2.24, 2.45) is 0 Å². The number of hydrogen-bond acceptors (Lipinski definition) is 3. The van der Waals surface area contributed by atoms with Crippen LogP contribution in [0.2, 0.25) is 0 Å². The highest BCUT2D eigenvalue weighted by molar-refractivity contribution is 7.85. The Hall–Kier alpha value is -6.61. The van der Waals surface area contributed by atoms with E-state index in [1.165, 1.54) is 0 Å². The molecule has 0 aliphatic rings. The summed E-state index contributed by atoms with van der Waals surface area (Å²) in [5.74, 6) is 0. The van der Waals surface area contributed by atoms with Gasteiger partial charge in [0, 0.05) is 32.2 Å². The molecule has 0 radical (unpaired) electrons. The average molecular weight is 696 g/mol. The van der Waals surface area contributed by atoms with Gasteiger partial charge in [0.2, 0.25) is 0 Å². The first kappa shape index (κ1) is 30.1. The lowest BCUT2D eigenvalue weighted by Gasteiger charge is -2.22. The molecule has 0 spiro atoms. The van der Waals surface area contributed by atoms with Gasteiger partial charge in [-0.1, -0.05) is 127 Å². The van der Waals surface area contributed by atoms with Crippen molar-refractivity contribution >= 4 is 93.9 Å². The van der Waals surface area contributed by atoms with Gasteiger partial charge >= 0.3 is 0 Å². The molecule has 248 valence electrons. The predicted molar refractivity (Wildman–Crippen MR) is 223 cm³/mol. The summed E-state index contributed by atoms with van der Waals surface area (Å²) in [6.45, 7) is 0. The molecule has 0 fully saturated rings. The van der Waals surface area contributed by atoms with Crippen molar-refractivity contribution < 1.29 is 4.57 Å². The van der Waals surface area contributed by atoms with Crippen molar-refractivity contribution in [2.45, 2.75) is 0 Å². The summed E-state index contributed by atoms with van der Waals surface area (Å²) in [4.78, 5) is 10.4. The van der Waals surface area contributed by atoms with Gasteiger partial charge in [0.1, 0.15) is 5.52 Å². The third-order valence-electron chi connectivity index (χ3n) is 10.8. The fraction of sp³-hybridized carbons (Fsp3) is 0. The maximum absolute atomic E-state index is 15.9. The summed E-state index contributed by atoms with van der Waals surface area (Å²) >= 11 is 0. The van der Waals surface area contributed by atoms with E-state index in [9.17, 15) is 0 Å². The number of fused-ring (bicyclic) bond motifs is 11. The standard InChI is InChI=1S/C48H30N3OP/c52-53(38-22-19-31-9-1-3-11-34(31)28-38,39-23-20-32-10-2-4-12-35(32)29-39)40-24-21-33-17-18-36(27-37(33)30-40)43-26-25-42-41-13-5-7-15-45(41)51-46-16-8-6-14-44(46)50-48(51)47(42)49-43/h1-30H. The quantitative estimate of drug-likeness (QED) is 0.136. The van der Waals surface area contributed by atoms with Crippen LogP contribution in [0.5, 0.6) is 0 Å². The Morgan fingerprint density at radius 2 is 0.962 bits per heavy atom. The number of pyridine rings is 2. The van der Waals surface area contributed by atoms with E-state index >= 15 is 4.57 Å². The normalized spacial score (nSPS) is 12.2. The zero-order valence-electron chi connectivity index (χ0n) is 28.5. The maximum Gasteiger partial charge on any atom is 0.171 e. The molecule has 4 nitrogen and oxygen atoms in total. The summed E-state index contributed by atoms with van der Waals surface area (Å²) in [5.41, 5.74) is 6.68. The lowest BCUT2D eigenvalue weighted by Crippen LogP contribution is -2.25. The monoisotopic (exact) mass is 695 g/mol. The van der Waals surface area contributed by atoms with E-state index in [-0.39, 0.29) is 0 Å². The Labute approximate surface area is 305 Å². The first-order chi connectivity index (χ1) is 26.1. The van der Waals surface area contributed by atoms with Crippen LogP contribution in [-0.2, 0) is 4.57 Å². The van der Waals surface area contributed by atoms with Crippen molar-refractivity contribution in [3.63, 3.8) is 0 Å². The second kappa shape index (κ2) is 11.4. The van der Waals surface area contributed by atoms with Crippen LogP contribution in [0.25, 0.3) is 82.1 Å². The molecule has 0 saturated carbocycles. The number of aromatic nitrogens is 3. The van der Waals surface area contributed by atoms with Crippen LogP contribution in [0.15, 0.2) is 182 Å². The Morgan fingerprint density at radius 3 is 1.66 bits per heavy atom. The number of para-hydroxylation sites is 3. The van der Waals surface area contributed by atoms with Crippen LogP contribution in [0.4, 0.5) is 0 Å². The van der Waals surface area contributed by atoms with Crippen molar-refractivity contribution in [3.8, 4) is 11.3 Å². The smallest absolute Gasteiger partial charge is 0.171 e.